The number of halogens is 3. The van der Waals surface area contributed by atoms with E-state index in [4.69, 9.17) is 0 Å². The van der Waals surface area contributed by atoms with Crippen LogP contribution in [0.3, 0.4) is 0 Å². The predicted octanol–water partition coefficient (Wildman–Crippen LogP) is 6.10. The Balaban J connectivity index is 0.000000383. The smallest absolute Gasteiger partial charge is 0.405 e. The fourth-order valence-corrected chi connectivity index (χ4v) is 1.59. The molecule has 0 saturated carbocycles. The number of ether oxygens (including phenoxy) is 1. The first-order valence-corrected chi connectivity index (χ1v) is 6.98. The molecule has 0 atom stereocenters. The van der Waals surface area contributed by atoms with E-state index in [-0.39, 0.29) is 5.75 Å². The van der Waals surface area contributed by atoms with Crippen molar-refractivity contribution in [2.24, 2.45) is 5.92 Å². The maximum atomic E-state index is 12.1. The molecule has 0 aromatic heterocycles. The lowest BCUT2D eigenvalue weighted by Crippen LogP contribution is -2.17. The Labute approximate surface area is 123 Å². The van der Waals surface area contributed by atoms with Crippen LogP contribution in [0, 0.1) is 12.8 Å². The van der Waals surface area contributed by atoms with Crippen molar-refractivity contribution in [1.29, 1.82) is 0 Å². The maximum Gasteiger partial charge on any atom is 0.573 e. The van der Waals surface area contributed by atoms with Gasteiger partial charge in [-0.15, -0.1) is 13.2 Å². The standard InChI is InChI=1S/C12H9F3O.C5H12/c1-8-5-6-10-9(7-8)3-2-4-11(10)16-12(13,14)15;1-4-5(2)3/h2-7H,1H3;5H,4H2,1-3H3. The van der Waals surface area contributed by atoms with Crippen molar-refractivity contribution < 1.29 is 17.9 Å². The van der Waals surface area contributed by atoms with Gasteiger partial charge in [-0.05, 0) is 24.3 Å². The summed E-state index contributed by atoms with van der Waals surface area (Å²) in [5, 5.41) is 1.20. The van der Waals surface area contributed by atoms with Gasteiger partial charge in [0.25, 0.3) is 0 Å². The third kappa shape index (κ3) is 6.06. The van der Waals surface area contributed by atoms with Crippen molar-refractivity contribution in [2.45, 2.75) is 40.5 Å². The first kappa shape index (κ1) is 17.3. The average molecular weight is 298 g/mol. The molecule has 2 rings (SSSR count). The molecule has 21 heavy (non-hydrogen) atoms. The van der Waals surface area contributed by atoms with Crippen LogP contribution >= 0.6 is 0 Å². The third-order valence-electron chi connectivity index (χ3n) is 3.04. The molecule has 0 radical (unpaired) electrons. The van der Waals surface area contributed by atoms with Gasteiger partial charge < -0.3 is 4.74 Å². The molecule has 0 spiro atoms. The minimum absolute atomic E-state index is 0.162. The van der Waals surface area contributed by atoms with Crippen LogP contribution in [0.5, 0.6) is 5.75 Å². The highest BCUT2D eigenvalue weighted by Crippen LogP contribution is 2.30. The second-order valence-corrected chi connectivity index (χ2v) is 5.33. The summed E-state index contributed by atoms with van der Waals surface area (Å²) in [6, 6.07) is 9.81. The van der Waals surface area contributed by atoms with Gasteiger partial charge in [-0.3, -0.25) is 0 Å². The summed E-state index contributed by atoms with van der Waals surface area (Å²) < 4.78 is 40.3. The fraction of sp³-hybridized carbons (Fsp3) is 0.412. The van der Waals surface area contributed by atoms with Crippen molar-refractivity contribution in [2.75, 3.05) is 0 Å². The molecule has 116 valence electrons. The fourth-order valence-electron chi connectivity index (χ4n) is 1.59. The zero-order chi connectivity index (χ0) is 16.0. The van der Waals surface area contributed by atoms with E-state index in [0.717, 1.165) is 16.9 Å². The molecule has 0 heterocycles. The number of hydrogen-bond donors (Lipinski definition) is 0. The molecule has 0 aliphatic carbocycles. The number of rotatable bonds is 2. The van der Waals surface area contributed by atoms with Gasteiger partial charge in [-0.2, -0.15) is 0 Å². The van der Waals surface area contributed by atoms with Crippen molar-refractivity contribution >= 4 is 10.8 Å². The SMILES string of the molecule is CCC(C)C.Cc1ccc2c(OC(F)(F)F)cccc2c1. The second kappa shape index (κ2) is 7.34. The van der Waals surface area contributed by atoms with Crippen LogP contribution in [0.1, 0.15) is 32.8 Å². The molecule has 2 aromatic rings. The van der Waals surface area contributed by atoms with E-state index in [1.165, 1.54) is 12.5 Å². The number of alkyl halides is 3. The summed E-state index contributed by atoms with van der Waals surface area (Å²) in [6.07, 6.45) is -3.35. The quantitative estimate of drug-likeness (QED) is 0.651. The lowest BCUT2D eigenvalue weighted by molar-refractivity contribution is -0.274. The first-order valence-electron chi connectivity index (χ1n) is 6.98. The van der Waals surface area contributed by atoms with Gasteiger partial charge in [0.1, 0.15) is 5.75 Å². The lowest BCUT2D eigenvalue weighted by Gasteiger charge is -2.11. The van der Waals surface area contributed by atoms with Gasteiger partial charge in [0, 0.05) is 5.39 Å². The molecule has 0 amide bonds. The second-order valence-electron chi connectivity index (χ2n) is 5.33. The summed E-state index contributed by atoms with van der Waals surface area (Å²) in [5.41, 5.74) is 0.997. The highest BCUT2D eigenvalue weighted by molar-refractivity contribution is 5.88. The molecule has 4 heteroatoms. The average Bonchev–Trinajstić information content (AvgIpc) is 2.37. The van der Waals surface area contributed by atoms with E-state index < -0.39 is 6.36 Å². The Hall–Kier alpha value is -1.71. The van der Waals surface area contributed by atoms with E-state index >= 15 is 0 Å². The molecule has 0 fully saturated rings. The summed E-state index contributed by atoms with van der Waals surface area (Å²) in [5.74, 6) is 0.722. The Bertz CT molecular complexity index is 574. The predicted molar refractivity (Wildman–Crippen MR) is 80.5 cm³/mol. The summed E-state index contributed by atoms with van der Waals surface area (Å²) >= 11 is 0. The minimum atomic E-state index is -4.65. The molecule has 0 bridgehead atoms. The van der Waals surface area contributed by atoms with Gasteiger partial charge >= 0.3 is 6.36 Å². The number of benzene rings is 2. The highest BCUT2D eigenvalue weighted by atomic mass is 19.4. The van der Waals surface area contributed by atoms with E-state index in [0.29, 0.717) is 5.39 Å². The van der Waals surface area contributed by atoms with Gasteiger partial charge in [-0.25, -0.2) is 0 Å². The van der Waals surface area contributed by atoms with Crippen molar-refractivity contribution in [1.82, 2.24) is 0 Å². The topological polar surface area (TPSA) is 9.23 Å². The minimum Gasteiger partial charge on any atom is -0.405 e. The number of aryl methyl sites for hydroxylation is 1. The summed E-state index contributed by atoms with van der Waals surface area (Å²) in [6.45, 7) is 8.53. The normalized spacial score (nSPS) is 11.2. The summed E-state index contributed by atoms with van der Waals surface area (Å²) in [7, 11) is 0. The highest BCUT2D eigenvalue weighted by Gasteiger charge is 2.31. The summed E-state index contributed by atoms with van der Waals surface area (Å²) in [4.78, 5) is 0. The molecular weight excluding hydrogens is 277 g/mol. The van der Waals surface area contributed by atoms with Crippen LogP contribution in [-0.4, -0.2) is 6.36 Å². The lowest BCUT2D eigenvalue weighted by atomic mass is 10.1. The van der Waals surface area contributed by atoms with Crippen LogP contribution < -0.4 is 4.74 Å². The molecular formula is C17H21F3O. The molecule has 1 nitrogen and oxygen atoms in total. The first-order chi connectivity index (χ1) is 9.73. The Morgan fingerprint density at radius 2 is 1.71 bits per heavy atom. The zero-order valence-electron chi connectivity index (χ0n) is 12.8. The van der Waals surface area contributed by atoms with E-state index in [2.05, 4.69) is 25.5 Å². The van der Waals surface area contributed by atoms with E-state index in [1.54, 1.807) is 24.3 Å². The molecule has 0 aliphatic rings. The molecule has 0 N–H and O–H groups in total. The van der Waals surface area contributed by atoms with Crippen LogP contribution in [0.2, 0.25) is 0 Å². The van der Waals surface area contributed by atoms with Crippen LogP contribution in [0.15, 0.2) is 36.4 Å². The van der Waals surface area contributed by atoms with Crippen molar-refractivity contribution in [3.8, 4) is 5.75 Å². The van der Waals surface area contributed by atoms with Crippen molar-refractivity contribution in [3.05, 3.63) is 42.0 Å². The molecule has 2 aromatic carbocycles. The zero-order valence-corrected chi connectivity index (χ0v) is 12.8. The number of hydrogen-bond acceptors (Lipinski definition) is 1. The Morgan fingerprint density at radius 1 is 1.10 bits per heavy atom. The third-order valence-corrected chi connectivity index (χ3v) is 3.04. The van der Waals surface area contributed by atoms with Crippen LogP contribution in [0.25, 0.3) is 10.8 Å². The Kier molecular flexibility index (Phi) is 6.06. The van der Waals surface area contributed by atoms with E-state index in [1.807, 2.05) is 13.0 Å². The van der Waals surface area contributed by atoms with Gasteiger partial charge in [0.15, 0.2) is 0 Å². The Morgan fingerprint density at radius 3 is 2.24 bits per heavy atom. The molecule has 0 unspecified atom stereocenters. The largest absolute Gasteiger partial charge is 0.573 e. The molecule has 0 aliphatic heterocycles. The van der Waals surface area contributed by atoms with Crippen LogP contribution in [0.4, 0.5) is 13.2 Å². The van der Waals surface area contributed by atoms with Gasteiger partial charge in [-0.1, -0.05) is 63.1 Å². The van der Waals surface area contributed by atoms with Crippen molar-refractivity contribution in [3.63, 3.8) is 0 Å². The number of fused-ring (bicyclic) bond motifs is 1. The molecule has 0 saturated heterocycles. The van der Waals surface area contributed by atoms with Crippen LogP contribution in [-0.2, 0) is 0 Å². The van der Waals surface area contributed by atoms with Gasteiger partial charge in [0.05, 0.1) is 0 Å². The maximum absolute atomic E-state index is 12.1. The monoisotopic (exact) mass is 298 g/mol. The van der Waals surface area contributed by atoms with Gasteiger partial charge in [0.2, 0.25) is 0 Å². The van der Waals surface area contributed by atoms with E-state index in [9.17, 15) is 13.2 Å².